The number of rotatable bonds is 4. The van der Waals surface area contributed by atoms with Crippen LogP contribution in [0.2, 0.25) is 10.0 Å². The maximum atomic E-state index is 11.8. The lowest BCUT2D eigenvalue weighted by Gasteiger charge is -2.03. The van der Waals surface area contributed by atoms with Crippen molar-refractivity contribution < 1.29 is 0 Å². The minimum atomic E-state index is -0.0632. The molecule has 2 rings (SSSR count). The van der Waals surface area contributed by atoms with Crippen LogP contribution >= 0.6 is 23.2 Å². The summed E-state index contributed by atoms with van der Waals surface area (Å²) in [6, 6.07) is 8.81. The van der Waals surface area contributed by atoms with Crippen LogP contribution in [0.5, 0.6) is 0 Å². The van der Waals surface area contributed by atoms with Crippen molar-refractivity contribution in [1.29, 1.82) is 0 Å². The predicted molar refractivity (Wildman–Crippen MR) is 85.1 cm³/mol. The van der Waals surface area contributed by atoms with E-state index < -0.39 is 0 Å². The Hall–Kier alpha value is -1.55. The number of pyridine rings is 1. The van der Waals surface area contributed by atoms with E-state index in [0.29, 0.717) is 23.1 Å². The van der Waals surface area contributed by atoms with Gasteiger partial charge in [-0.25, -0.2) is 0 Å². The number of hydrogen-bond acceptors (Lipinski definition) is 2. The van der Waals surface area contributed by atoms with Gasteiger partial charge in [0.05, 0.1) is 10.0 Å². The predicted octanol–water partition coefficient (Wildman–Crippen LogP) is 3.28. The van der Waals surface area contributed by atoms with Crippen molar-refractivity contribution in [1.82, 2.24) is 4.57 Å². The second kappa shape index (κ2) is 6.75. The summed E-state index contributed by atoms with van der Waals surface area (Å²) in [6.07, 6.45) is 5.47. The molecule has 5 heteroatoms. The third kappa shape index (κ3) is 3.73. The van der Waals surface area contributed by atoms with E-state index >= 15 is 0 Å². The zero-order valence-electron chi connectivity index (χ0n) is 10.7. The molecule has 2 N–H and O–H groups in total. The first-order chi connectivity index (χ1) is 9.60. The summed E-state index contributed by atoms with van der Waals surface area (Å²) in [5.74, 6) is 0. The van der Waals surface area contributed by atoms with Crippen LogP contribution in [0.15, 0.2) is 41.3 Å². The zero-order chi connectivity index (χ0) is 14.5. The molecule has 0 amide bonds. The Morgan fingerprint density at radius 3 is 2.35 bits per heavy atom. The first-order valence-electron chi connectivity index (χ1n) is 6.14. The molecule has 0 aliphatic rings. The third-order valence-corrected chi connectivity index (χ3v) is 3.54. The van der Waals surface area contributed by atoms with Crippen molar-refractivity contribution in [2.24, 2.45) is 5.73 Å². The van der Waals surface area contributed by atoms with E-state index in [1.54, 1.807) is 29.0 Å². The quantitative estimate of drug-likeness (QED) is 0.942. The second-order valence-corrected chi connectivity index (χ2v) is 5.10. The monoisotopic (exact) mass is 308 g/mol. The lowest BCUT2D eigenvalue weighted by Crippen LogP contribution is -2.22. The topological polar surface area (TPSA) is 48.0 Å². The summed E-state index contributed by atoms with van der Waals surface area (Å²) >= 11 is 11.8. The summed E-state index contributed by atoms with van der Waals surface area (Å²) in [4.78, 5) is 11.8. The fraction of sp³-hybridized carbons (Fsp3) is 0.133. The molecule has 0 saturated heterocycles. The van der Waals surface area contributed by atoms with Crippen LogP contribution < -0.4 is 11.3 Å². The van der Waals surface area contributed by atoms with E-state index in [9.17, 15) is 4.79 Å². The molecule has 1 heterocycles. The molecule has 1 aromatic heterocycles. The molecular weight excluding hydrogens is 295 g/mol. The first kappa shape index (κ1) is 14.9. The Kier molecular flexibility index (Phi) is 5.01. The Morgan fingerprint density at radius 2 is 1.75 bits per heavy atom. The average Bonchev–Trinajstić information content (AvgIpc) is 2.43. The van der Waals surface area contributed by atoms with Gasteiger partial charge >= 0.3 is 0 Å². The summed E-state index contributed by atoms with van der Waals surface area (Å²) < 4.78 is 1.58. The van der Waals surface area contributed by atoms with Crippen molar-refractivity contribution in [2.75, 3.05) is 6.54 Å². The Balaban J connectivity index is 2.21. The average molecular weight is 309 g/mol. The first-order valence-corrected chi connectivity index (χ1v) is 6.89. The fourth-order valence-corrected chi connectivity index (χ4v) is 2.07. The van der Waals surface area contributed by atoms with Gasteiger partial charge in [-0.2, -0.15) is 0 Å². The Morgan fingerprint density at radius 1 is 1.05 bits per heavy atom. The molecular formula is C15H14Cl2N2O. The van der Waals surface area contributed by atoms with Crippen molar-refractivity contribution in [3.63, 3.8) is 0 Å². The minimum Gasteiger partial charge on any atom is -0.329 e. The number of nitrogens with two attached hydrogens (primary N) is 1. The molecule has 0 aliphatic heterocycles. The van der Waals surface area contributed by atoms with Gasteiger partial charge in [0.15, 0.2) is 0 Å². The highest BCUT2D eigenvalue weighted by molar-refractivity contribution is 6.42. The van der Waals surface area contributed by atoms with Crippen LogP contribution in [0.1, 0.15) is 11.1 Å². The molecule has 0 atom stereocenters. The van der Waals surface area contributed by atoms with Crippen molar-refractivity contribution in [2.45, 2.75) is 6.54 Å². The van der Waals surface area contributed by atoms with Gasteiger partial charge in [-0.3, -0.25) is 4.79 Å². The molecule has 20 heavy (non-hydrogen) atoms. The van der Waals surface area contributed by atoms with Crippen LogP contribution in [0.3, 0.4) is 0 Å². The summed E-state index contributed by atoms with van der Waals surface area (Å²) in [6.45, 7) is 0.966. The van der Waals surface area contributed by atoms with Crippen LogP contribution in [0, 0.1) is 0 Å². The molecule has 0 spiro atoms. The smallest absolute Gasteiger partial charge is 0.251 e. The summed E-state index contributed by atoms with van der Waals surface area (Å²) in [7, 11) is 0. The van der Waals surface area contributed by atoms with E-state index in [1.165, 1.54) is 0 Å². The van der Waals surface area contributed by atoms with Gasteiger partial charge in [-0.05, 0) is 29.3 Å². The van der Waals surface area contributed by atoms with Gasteiger partial charge in [0.25, 0.3) is 5.56 Å². The van der Waals surface area contributed by atoms with Crippen molar-refractivity contribution in [3.8, 4) is 0 Å². The SMILES string of the molecule is NCCn1ccc(/C=C/c2ccc(Cl)c(Cl)c2)cc1=O. The van der Waals surface area contributed by atoms with Gasteiger partial charge in [-0.15, -0.1) is 0 Å². The molecule has 104 valence electrons. The molecule has 0 aliphatic carbocycles. The Labute approximate surface area is 127 Å². The molecule has 0 unspecified atom stereocenters. The van der Waals surface area contributed by atoms with Gasteiger partial charge < -0.3 is 10.3 Å². The van der Waals surface area contributed by atoms with Crippen LogP contribution in [-0.4, -0.2) is 11.1 Å². The number of aromatic nitrogens is 1. The van der Waals surface area contributed by atoms with Gasteiger partial charge in [0.2, 0.25) is 0 Å². The number of halogens is 2. The fourth-order valence-electron chi connectivity index (χ4n) is 1.76. The van der Waals surface area contributed by atoms with E-state index in [0.717, 1.165) is 11.1 Å². The van der Waals surface area contributed by atoms with E-state index in [-0.39, 0.29) is 5.56 Å². The van der Waals surface area contributed by atoms with E-state index in [4.69, 9.17) is 28.9 Å². The zero-order valence-corrected chi connectivity index (χ0v) is 12.2. The molecule has 0 radical (unpaired) electrons. The highest BCUT2D eigenvalue weighted by Crippen LogP contribution is 2.23. The van der Waals surface area contributed by atoms with Gasteiger partial charge in [0.1, 0.15) is 0 Å². The lowest BCUT2D eigenvalue weighted by molar-refractivity contribution is 0.680. The van der Waals surface area contributed by atoms with Crippen molar-refractivity contribution >= 4 is 35.4 Å². The molecule has 0 bridgehead atoms. The number of benzene rings is 1. The summed E-state index contributed by atoms with van der Waals surface area (Å²) in [5.41, 5.74) is 7.12. The number of hydrogen-bond donors (Lipinski definition) is 1. The Bertz CT molecular complexity index is 693. The summed E-state index contributed by atoms with van der Waals surface area (Å²) in [5, 5.41) is 1.03. The third-order valence-electron chi connectivity index (χ3n) is 2.80. The van der Waals surface area contributed by atoms with Crippen LogP contribution in [0.25, 0.3) is 12.2 Å². The highest BCUT2D eigenvalue weighted by atomic mass is 35.5. The molecule has 0 fully saturated rings. The highest BCUT2D eigenvalue weighted by Gasteiger charge is 1.98. The van der Waals surface area contributed by atoms with Gasteiger partial charge in [0, 0.05) is 25.4 Å². The largest absolute Gasteiger partial charge is 0.329 e. The van der Waals surface area contributed by atoms with E-state index in [2.05, 4.69) is 0 Å². The molecule has 2 aromatic rings. The normalized spacial score (nSPS) is 11.2. The maximum absolute atomic E-state index is 11.8. The van der Waals surface area contributed by atoms with E-state index in [1.807, 2.05) is 24.3 Å². The second-order valence-electron chi connectivity index (χ2n) is 4.29. The van der Waals surface area contributed by atoms with Gasteiger partial charge in [-0.1, -0.05) is 41.4 Å². The standard InChI is InChI=1S/C15H14Cl2N2O/c16-13-4-3-11(9-14(13)17)1-2-12-5-7-19(8-6-18)15(20)10-12/h1-5,7,9-10H,6,8,18H2/b2-1+. The molecule has 3 nitrogen and oxygen atoms in total. The minimum absolute atomic E-state index is 0.0632. The molecule has 0 saturated carbocycles. The number of nitrogens with zero attached hydrogens (tertiary/aromatic N) is 1. The lowest BCUT2D eigenvalue weighted by atomic mass is 10.1. The van der Waals surface area contributed by atoms with Crippen molar-refractivity contribution in [3.05, 3.63) is 68.1 Å². The van der Waals surface area contributed by atoms with Crippen LogP contribution in [0.4, 0.5) is 0 Å². The molecule has 1 aromatic carbocycles. The van der Waals surface area contributed by atoms with Crippen LogP contribution in [-0.2, 0) is 6.54 Å². The maximum Gasteiger partial charge on any atom is 0.251 e.